The van der Waals surface area contributed by atoms with Gasteiger partial charge in [0.15, 0.2) is 0 Å². The highest BCUT2D eigenvalue weighted by atomic mass is 35.5. The number of nitrogens with zero attached hydrogens (tertiary/aromatic N) is 3. The first-order valence-corrected chi connectivity index (χ1v) is 5.97. The van der Waals surface area contributed by atoms with Crippen molar-refractivity contribution >= 4 is 23.1 Å². The molecule has 0 aliphatic heterocycles. The van der Waals surface area contributed by atoms with Gasteiger partial charge in [0.25, 0.3) is 5.69 Å². The standard InChI is InChI=1S/C11H14ClN3O2/c1-14(7-8-3-2-4-8)11-10(12)5-9(6-13-11)15(16)17/h5-6,8H,2-4,7H2,1H3. The lowest BCUT2D eigenvalue weighted by Gasteiger charge is -2.30. The molecule has 0 unspecified atom stereocenters. The van der Waals surface area contributed by atoms with E-state index in [1.54, 1.807) is 0 Å². The van der Waals surface area contributed by atoms with Gasteiger partial charge in [0, 0.05) is 19.7 Å². The summed E-state index contributed by atoms with van der Waals surface area (Å²) < 4.78 is 0. The van der Waals surface area contributed by atoms with E-state index in [9.17, 15) is 10.1 Å². The molecule has 2 rings (SSSR count). The largest absolute Gasteiger partial charge is 0.358 e. The van der Waals surface area contributed by atoms with Gasteiger partial charge in [-0.3, -0.25) is 10.1 Å². The molecule has 17 heavy (non-hydrogen) atoms. The number of aromatic nitrogens is 1. The van der Waals surface area contributed by atoms with E-state index in [4.69, 9.17) is 11.6 Å². The van der Waals surface area contributed by atoms with Crippen LogP contribution in [0.1, 0.15) is 19.3 Å². The van der Waals surface area contributed by atoms with Gasteiger partial charge in [0.2, 0.25) is 0 Å². The monoisotopic (exact) mass is 255 g/mol. The van der Waals surface area contributed by atoms with Gasteiger partial charge in [0.1, 0.15) is 12.0 Å². The van der Waals surface area contributed by atoms with Crippen LogP contribution in [-0.4, -0.2) is 23.5 Å². The predicted molar refractivity (Wildman–Crippen MR) is 66.5 cm³/mol. The second kappa shape index (κ2) is 4.87. The van der Waals surface area contributed by atoms with Gasteiger partial charge < -0.3 is 4.90 Å². The lowest BCUT2D eigenvalue weighted by Crippen LogP contribution is -2.30. The molecule has 0 radical (unpaired) electrons. The van der Waals surface area contributed by atoms with Crippen molar-refractivity contribution in [3.8, 4) is 0 Å². The Bertz CT molecular complexity index is 435. The topological polar surface area (TPSA) is 59.3 Å². The molecule has 1 heterocycles. The molecule has 5 nitrogen and oxygen atoms in total. The van der Waals surface area contributed by atoms with Crippen molar-refractivity contribution in [3.63, 3.8) is 0 Å². The molecule has 0 N–H and O–H groups in total. The van der Waals surface area contributed by atoms with Crippen LogP contribution in [0, 0.1) is 16.0 Å². The van der Waals surface area contributed by atoms with Crippen LogP contribution < -0.4 is 4.90 Å². The van der Waals surface area contributed by atoms with E-state index in [0.29, 0.717) is 16.8 Å². The van der Waals surface area contributed by atoms with E-state index >= 15 is 0 Å². The SMILES string of the molecule is CN(CC1CCC1)c1ncc([N+](=O)[O-])cc1Cl. The Balaban J connectivity index is 2.11. The molecule has 0 aromatic carbocycles. The van der Waals surface area contributed by atoms with Crippen LogP contribution >= 0.6 is 11.6 Å². The van der Waals surface area contributed by atoms with E-state index in [-0.39, 0.29) is 5.69 Å². The molecule has 1 saturated carbocycles. The molecule has 0 bridgehead atoms. The number of pyridine rings is 1. The number of halogens is 1. The Hall–Kier alpha value is -1.36. The van der Waals surface area contributed by atoms with Crippen molar-refractivity contribution in [1.82, 2.24) is 4.98 Å². The lowest BCUT2D eigenvalue weighted by molar-refractivity contribution is -0.385. The van der Waals surface area contributed by atoms with E-state index in [1.807, 2.05) is 11.9 Å². The summed E-state index contributed by atoms with van der Waals surface area (Å²) in [4.78, 5) is 16.1. The van der Waals surface area contributed by atoms with Crippen molar-refractivity contribution in [2.45, 2.75) is 19.3 Å². The third-order valence-corrected chi connectivity index (χ3v) is 3.41. The molecule has 1 aromatic heterocycles. The van der Waals surface area contributed by atoms with Crippen LogP contribution in [0.3, 0.4) is 0 Å². The molecule has 6 heteroatoms. The summed E-state index contributed by atoms with van der Waals surface area (Å²) >= 11 is 6.00. The van der Waals surface area contributed by atoms with Crippen LogP contribution in [0.25, 0.3) is 0 Å². The smallest absolute Gasteiger partial charge is 0.289 e. The van der Waals surface area contributed by atoms with Crippen molar-refractivity contribution in [3.05, 3.63) is 27.4 Å². The second-order valence-electron chi connectivity index (χ2n) is 4.43. The highest BCUT2D eigenvalue weighted by Gasteiger charge is 2.21. The van der Waals surface area contributed by atoms with Gasteiger partial charge in [-0.25, -0.2) is 4.98 Å². The zero-order valence-corrected chi connectivity index (χ0v) is 10.4. The van der Waals surface area contributed by atoms with Gasteiger partial charge in [-0.05, 0) is 18.8 Å². The molecule has 0 spiro atoms. The highest BCUT2D eigenvalue weighted by Crippen LogP contribution is 2.31. The van der Waals surface area contributed by atoms with E-state index in [1.165, 1.54) is 31.5 Å². The van der Waals surface area contributed by atoms with Crippen molar-refractivity contribution < 1.29 is 4.92 Å². The minimum atomic E-state index is -0.491. The number of rotatable bonds is 4. The summed E-state index contributed by atoms with van der Waals surface area (Å²) in [6.07, 6.45) is 5.03. The lowest BCUT2D eigenvalue weighted by atomic mass is 9.85. The number of anilines is 1. The molecule has 0 amide bonds. The van der Waals surface area contributed by atoms with Crippen LogP contribution in [0.15, 0.2) is 12.3 Å². The normalized spacial score (nSPS) is 15.4. The summed E-state index contributed by atoms with van der Waals surface area (Å²) in [5.74, 6) is 1.32. The van der Waals surface area contributed by atoms with Crippen molar-refractivity contribution in [2.75, 3.05) is 18.5 Å². The number of hydrogen-bond donors (Lipinski definition) is 0. The van der Waals surface area contributed by atoms with E-state index < -0.39 is 4.92 Å². The molecule has 0 atom stereocenters. The predicted octanol–water partition coefficient (Wildman–Crippen LogP) is 2.88. The van der Waals surface area contributed by atoms with Crippen LogP contribution in [-0.2, 0) is 0 Å². The molecule has 1 aliphatic rings. The fourth-order valence-corrected chi connectivity index (χ4v) is 2.26. The quantitative estimate of drug-likeness (QED) is 0.613. The van der Waals surface area contributed by atoms with Gasteiger partial charge in [-0.2, -0.15) is 0 Å². The Morgan fingerprint density at radius 1 is 1.65 bits per heavy atom. The van der Waals surface area contributed by atoms with Crippen LogP contribution in [0.4, 0.5) is 11.5 Å². The molecule has 1 fully saturated rings. The van der Waals surface area contributed by atoms with Gasteiger partial charge in [-0.15, -0.1) is 0 Å². The summed E-state index contributed by atoms with van der Waals surface area (Å²) in [6.45, 7) is 0.907. The average molecular weight is 256 g/mol. The van der Waals surface area contributed by atoms with Crippen molar-refractivity contribution in [1.29, 1.82) is 0 Å². The highest BCUT2D eigenvalue weighted by molar-refractivity contribution is 6.33. The number of hydrogen-bond acceptors (Lipinski definition) is 4. The van der Waals surface area contributed by atoms with Crippen LogP contribution in [0.2, 0.25) is 5.02 Å². The molecular weight excluding hydrogens is 242 g/mol. The summed E-state index contributed by atoms with van der Waals surface area (Å²) in [5, 5.41) is 10.9. The van der Waals surface area contributed by atoms with Crippen molar-refractivity contribution in [2.24, 2.45) is 5.92 Å². The molecule has 92 valence electrons. The van der Waals surface area contributed by atoms with Crippen LogP contribution in [0.5, 0.6) is 0 Å². The molecule has 1 aromatic rings. The third-order valence-electron chi connectivity index (χ3n) is 3.14. The maximum absolute atomic E-state index is 10.6. The molecule has 0 saturated heterocycles. The zero-order chi connectivity index (χ0) is 12.4. The maximum Gasteiger partial charge on any atom is 0.289 e. The first-order valence-electron chi connectivity index (χ1n) is 5.59. The number of nitro groups is 1. The molecule has 1 aliphatic carbocycles. The minimum absolute atomic E-state index is 0.0733. The second-order valence-corrected chi connectivity index (χ2v) is 4.84. The average Bonchev–Trinajstić information content (AvgIpc) is 2.22. The van der Waals surface area contributed by atoms with Gasteiger partial charge >= 0.3 is 0 Å². The fraction of sp³-hybridized carbons (Fsp3) is 0.545. The Morgan fingerprint density at radius 2 is 2.35 bits per heavy atom. The summed E-state index contributed by atoms with van der Waals surface area (Å²) in [7, 11) is 1.92. The first-order chi connectivity index (χ1) is 8.08. The van der Waals surface area contributed by atoms with E-state index in [2.05, 4.69) is 4.98 Å². The Kier molecular flexibility index (Phi) is 3.47. The summed E-state index contributed by atoms with van der Waals surface area (Å²) in [5.41, 5.74) is -0.0733. The zero-order valence-electron chi connectivity index (χ0n) is 9.60. The first kappa shape index (κ1) is 12.1. The Morgan fingerprint density at radius 3 is 2.82 bits per heavy atom. The van der Waals surface area contributed by atoms with Gasteiger partial charge in [-0.1, -0.05) is 18.0 Å². The molecular formula is C11H14ClN3O2. The van der Waals surface area contributed by atoms with Gasteiger partial charge in [0.05, 0.1) is 9.95 Å². The van der Waals surface area contributed by atoms with E-state index in [0.717, 1.165) is 6.54 Å². The minimum Gasteiger partial charge on any atom is -0.358 e. The maximum atomic E-state index is 10.6. The third kappa shape index (κ3) is 2.66. The Labute approximate surface area is 105 Å². The fourth-order valence-electron chi connectivity index (χ4n) is 1.95. The summed E-state index contributed by atoms with van der Waals surface area (Å²) in [6, 6.07) is 1.35.